The van der Waals surface area contributed by atoms with Gasteiger partial charge in [-0.2, -0.15) is 0 Å². The Morgan fingerprint density at radius 3 is 2.75 bits per heavy atom. The fourth-order valence-corrected chi connectivity index (χ4v) is 5.63. The fourth-order valence-electron chi connectivity index (χ4n) is 5.63. The molecule has 2 amide bonds. The van der Waals surface area contributed by atoms with Gasteiger partial charge in [-0.25, -0.2) is 4.98 Å². The van der Waals surface area contributed by atoms with Gasteiger partial charge in [0.15, 0.2) is 0 Å². The number of furan rings is 1. The van der Waals surface area contributed by atoms with Crippen LogP contribution in [0.15, 0.2) is 47.1 Å². The van der Waals surface area contributed by atoms with E-state index in [2.05, 4.69) is 24.1 Å². The first kappa shape index (κ1) is 24.5. The highest BCUT2D eigenvalue weighted by atomic mass is 16.3. The van der Waals surface area contributed by atoms with Gasteiger partial charge in [0.1, 0.15) is 11.5 Å². The minimum absolute atomic E-state index is 0.0295. The van der Waals surface area contributed by atoms with E-state index in [-0.39, 0.29) is 17.9 Å². The number of benzene rings is 1. The Balaban J connectivity index is 1.37. The maximum atomic E-state index is 13.6. The summed E-state index contributed by atoms with van der Waals surface area (Å²) in [4.78, 5) is 36.0. The zero-order valence-corrected chi connectivity index (χ0v) is 21.3. The number of carbonyl (C=O) groups is 2. The van der Waals surface area contributed by atoms with Crippen molar-refractivity contribution in [3.05, 3.63) is 65.2 Å². The molecule has 0 spiro atoms. The number of rotatable bonds is 9. The Morgan fingerprint density at radius 1 is 1.19 bits per heavy atom. The molecule has 1 atom stereocenters. The average molecular weight is 489 g/mol. The Bertz CT molecular complexity index is 1220. The highest BCUT2D eigenvalue weighted by Gasteiger charge is 2.38. The van der Waals surface area contributed by atoms with Crippen LogP contribution in [-0.4, -0.2) is 51.8 Å². The quantitative estimate of drug-likeness (QED) is 0.451. The van der Waals surface area contributed by atoms with E-state index in [0.717, 1.165) is 48.8 Å². The molecule has 2 aliphatic rings. The van der Waals surface area contributed by atoms with Crippen molar-refractivity contribution in [2.24, 2.45) is 0 Å². The molecule has 0 saturated heterocycles. The summed E-state index contributed by atoms with van der Waals surface area (Å²) in [6, 6.07) is 12.1. The van der Waals surface area contributed by atoms with Crippen molar-refractivity contribution >= 4 is 22.7 Å². The third kappa shape index (κ3) is 4.89. The van der Waals surface area contributed by atoms with E-state index in [1.165, 1.54) is 6.42 Å². The molecule has 1 aliphatic heterocycles. The summed E-state index contributed by atoms with van der Waals surface area (Å²) in [6.45, 7) is 6.75. The van der Waals surface area contributed by atoms with Crippen molar-refractivity contribution in [1.82, 2.24) is 20.1 Å². The lowest BCUT2D eigenvalue weighted by atomic mass is 9.94. The second-order valence-corrected chi connectivity index (χ2v) is 10.1. The maximum absolute atomic E-state index is 13.6. The second-order valence-electron chi connectivity index (χ2n) is 10.1. The lowest BCUT2D eigenvalue weighted by molar-refractivity contribution is 0.0655. The Kier molecular flexibility index (Phi) is 7.37. The van der Waals surface area contributed by atoms with Gasteiger partial charge in [-0.05, 0) is 44.4 Å². The van der Waals surface area contributed by atoms with Crippen LogP contribution in [-0.2, 0) is 13.1 Å². The van der Waals surface area contributed by atoms with Gasteiger partial charge >= 0.3 is 0 Å². The lowest BCUT2D eigenvalue weighted by Crippen LogP contribution is -2.39. The molecule has 1 N–H and O–H groups in total. The van der Waals surface area contributed by atoms with Gasteiger partial charge < -0.3 is 14.6 Å². The third-order valence-corrected chi connectivity index (χ3v) is 7.87. The Morgan fingerprint density at radius 2 is 2.00 bits per heavy atom. The largest absolute Gasteiger partial charge is 0.468 e. The van der Waals surface area contributed by atoms with Crippen molar-refractivity contribution < 1.29 is 14.0 Å². The maximum Gasteiger partial charge on any atom is 0.273 e. The molecule has 5 rings (SSSR count). The van der Waals surface area contributed by atoms with Crippen LogP contribution in [0.1, 0.15) is 84.5 Å². The summed E-state index contributed by atoms with van der Waals surface area (Å²) in [7, 11) is 0. The van der Waals surface area contributed by atoms with E-state index in [1.54, 1.807) is 6.26 Å². The molecule has 0 bridgehead atoms. The summed E-state index contributed by atoms with van der Waals surface area (Å²) in [5.74, 6) is 0.754. The molecular weight excluding hydrogens is 452 g/mol. The number of para-hydroxylation sites is 1. The number of hydrogen-bond acceptors (Lipinski definition) is 5. The molecule has 7 nitrogen and oxygen atoms in total. The summed E-state index contributed by atoms with van der Waals surface area (Å²) in [5, 5.41) is 3.96. The Hall–Kier alpha value is -3.19. The van der Waals surface area contributed by atoms with E-state index in [9.17, 15) is 9.59 Å². The SMILES string of the molecule is CC[C@H](C)N(CCNC(=O)c1c2c(nc3ccccc13)C(=O)N(C1CCCCC1)C2)Cc1ccco1. The molecule has 36 heavy (non-hydrogen) atoms. The van der Waals surface area contributed by atoms with Crippen LogP contribution in [0, 0.1) is 0 Å². The smallest absolute Gasteiger partial charge is 0.273 e. The standard InChI is InChI=1S/C29H36N4O3/c1-3-20(2)32(18-22-12-9-17-36-22)16-15-30-28(34)26-23-13-7-8-14-25(23)31-27-24(26)19-33(29(27)35)21-10-5-4-6-11-21/h7-9,12-14,17,20-21H,3-6,10-11,15-16,18-19H2,1-2H3,(H,30,34)/t20-/m0/s1. The minimum atomic E-state index is -0.134. The summed E-state index contributed by atoms with van der Waals surface area (Å²) in [5.41, 5.74) is 2.52. The molecule has 1 fully saturated rings. The molecule has 1 aromatic carbocycles. The van der Waals surface area contributed by atoms with Crippen LogP contribution in [0.4, 0.5) is 0 Å². The highest BCUT2D eigenvalue weighted by Crippen LogP contribution is 2.34. The van der Waals surface area contributed by atoms with Gasteiger partial charge in [-0.3, -0.25) is 14.5 Å². The molecule has 2 aromatic heterocycles. The van der Waals surface area contributed by atoms with Crippen LogP contribution < -0.4 is 5.32 Å². The van der Waals surface area contributed by atoms with Crippen molar-refractivity contribution in [2.75, 3.05) is 13.1 Å². The topological polar surface area (TPSA) is 78.7 Å². The predicted molar refractivity (Wildman–Crippen MR) is 140 cm³/mol. The molecule has 1 aliphatic carbocycles. The molecular formula is C29H36N4O3. The fraction of sp³-hybridized carbons (Fsp3) is 0.483. The lowest BCUT2D eigenvalue weighted by Gasteiger charge is -2.30. The number of fused-ring (bicyclic) bond motifs is 2. The van der Waals surface area contributed by atoms with Gasteiger partial charge in [0, 0.05) is 42.7 Å². The van der Waals surface area contributed by atoms with Gasteiger partial charge in [0.25, 0.3) is 11.8 Å². The summed E-state index contributed by atoms with van der Waals surface area (Å²) in [6.07, 6.45) is 8.30. The molecule has 7 heteroatoms. The van der Waals surface area contributed by atoms with Crippen molar-refractivity contribution in [2.45, 2.75) is 77.5 Å². The van der Waals surface area contributed by atoms with Crippen LogP contribution >= 0.6 is 0 Å². The number of aromatic nitrogens is 1. The monoisotopic (exact) mass is 488 g/mol. The number of nitrogens with zero attached hydrogens (tertiary/aromatic N) is 3. The zero-order valence-electron chi connectivity index (χ0n) is 21.3. The first-order chi connectivity index (χ1) is 17.6. The molecule has 0 radical (unpaired) electrons. The summed E-state index contributed by atoms with van der Waals surface area (Å²) >= 11 is 0. The number of hydrogen-bond donors (Lipinski definition) is 1. The molecule has 3 aromatic rings. The number of carbonyl (C=O) groups excluding carboxylic acids is 2. The number of amides is 2. The first-order valence-corrected chi connectivity index (χ1v) is 13.3. The van der Waals surface area contributed by atoms with Crippen molar-refractivity contribution in [1.29, 1.82) is 0 Å². The molecule has 190 valence electrons. The van der Waals surface area contributed by atoms with Crippen LogP contribution in [0.3, 0.4) is 0 Å². The normalized spacial score (nSPS) is 17.1. The van der Waals surface area contributed by atoms with E-state index in [4.69, 9.17) is 9.40 Å². The molecule has 0 unspecified atom stereocenters. The molecule has 3 heterocycles. The van der Waals surface area contributed by atoms with Gasteiger partial charge in [0.2, 0.25) is 0 Å². The van der Waals surface area contributed by atoms with Gasteiger partial charge in [0.05, 0.1) is 23.9 Å². The minimum Gasteiger partial charge on any atom is -0.468 e. The van der Waals surface area contributed by atoms with E-state index < -0.39 is 0 Å². The third-order valence-electron chi connectivity index (χ3n) is 7.87. The Labute approximate surface area is 212 Å². The molecule has 1 saturated carbocycles. The number of pyridine rings is 1. The van der Waals surface area contributed by atoms with Crippen LogP contribution in [0.25, 0.3) is 10.9 Å². The zero-order chi connectivity index (χ0) is 25.1. The number of nitrogens with one attached hydrogen (secondary N) is 1. The highest BCUT2D eigenvalue weighted by molar-refractivity contribution is 6.11. The van der Waals surface area contributed by atoms with E-state index in [0.29, 0.717) is 49.0 Å². The second kappa shape index (κ2) is 10.8. The summed E-state index contributed by atoms with van der Waals surface area (Å²) < 4.78 is 5.55. The van der Waals surface area contributed by atoms with Gasteiger partial charge in [-0.15, -0.1) is 0 Å². The van der Waals surface area contributed by atoms with Crippen molar-refractivity contribution in [3.8, 4) is 0 Å². The van der Waals surface area contributed by atoms with Crippen LogP contribution in [0.5, 0.6) is 0 Å². The van der Waals surface area contributed by atoms with Gasteiger partial charge in [-0.1, -0.05) is 44.4 Å². The van der Waals surface area contributed by atoms with E-state index >= 15 is 0 Å². The van der Waals surface area contributed by atoms with Crippen LogP contribution in [0.2, 0.25) is 0 Å². The first-order valence-electron chi connectivity index (χ1n) is 13.3. The average Bonchev–Trinajstić information content (AvgIpc) is 3.54. The van der Waals surface area contributed by atoms with Crippen molar-refractivity contribution in [3.63, 3.8) is 0 Å². The van der Waals surface area contributed by atoms with E-state index in [1.807, 2.05) is 41.3 Å². The predicted octanol–water partition coefficient (Wildman–Crippen LogP) is 5.15.